The predicted octanol–water partition coefficient (Wildman–Crippen LogP) is 12.2. The van der Waals surface area contributed by atoms with Crippen molar-refractivity contribution in [3.8, 4) is 0 Å². The highest BCUT2D eigenvalue weighted by Crippen LogP contribution is 2.33. The van der Waals surface area contributed by atoms with E-state index < -0.39 is 124 Å². The van der Waals surface area contributed by atoms with Gasteiger partial charge in [0.05, 0.1) is 38.6 Å². The molecule has 98 heavy (non-hydrogen) atoms. The minimum Gasteiger partial charge on any atom is -0.394 e. The van der Waals surface area contributed by atoms with E-state index >= 15 is 0 Å². The molecule has 19 heteroatoms. The molecule has 0 aromatic carbocycles. The van der Waals surface area contributed by atoms with E-state index in [1.165, 1.54) is 173 Å². The molecule has 0 radical (unpaired) electrons. The van der Waals surface area contributed by atoms with Gasteiger partial charge in [0.15, 0.2) is 18.9 Å². The number of amides is 1. The molecule has 0 spiro atoms. The average Bonchev–Trinajstić information content (AvgIpc) is 0.785. The highest BCUT2D eigenvalue weighted by Gasteiger charge is 2.53. The van der Waals surface area contributed by atoms with Gasteiger partial charge in [-0.25, -0.2) is 0 Å². The van der Waals surface area contributed by atoms with Gasteiger partial charge in [0.1, 0.15) is 73.2 Å². The Morgan fingerprint density at radius 1 is 0.378 bits per heavy atom. The third kappa shape index (κ3) is 39.6. The predicted molar refractivity (Wildman–Crippen MR) is 388 cm³/mol. The maximum atomic E-state index is 13.4. The largest absolute Gasteiger partial charge is 0.394 e. The van der Waals surface area contributed by atoms with Gasteiger partial charge in [-0.15, -0.1) is 0 Å². The van der Waals surface area contributed by atoms with Crippen molar-refractivity contribution in [2.24, 2.45) is 0 Å². The van der Waals surface area contributed by atoms with Crippen LogP contribution in [-0.2, 0) is 33.2 Å². The zero-order valence-corrected chi connectivity index (χ0v) is 60.5. The fourth-order valence-corrected chi connectivity index (χ4v) is 12.7. The lowest BCUT2D eigenvalue weighted by Gasteiger charge is -2.48. The summed E-state index contributed by atoms with van der Waals surface area (Å²) in [5.74, 6) is -0.288. The second kappa shape index (κ2) is 59.4. The van der Waals surface area contributed by atoms with Gasteiger partial charge in [0.2, 0.25) is 5.91 Å². The van der Waals surface area contributed by atoms with Gasteiger partial charge in [-0.2, -0.15) is 0 Å². The van der Waals surface area contributed by atoms with Crippen LogP contribution in [0.15, 0.2) is 85.1 Å². The normalized spacial score (nSPS) is 27.2. The Morgan fingerprint density at radius 3 is 1.14 bits per heavy atom. The number of carbonyl (C=O) groups excluding carboxylic acids is 1. The van der Waals surface area contributed by atoms with E-state index in [0.717, 1.165) is 70.6 Å². The molecule has 17 atom stereocenters. The molecule has 3 fully saturated rings. The molecule has 17 unspecified atom stereocenters. The molecule has 3 saturated heterocycles. The van der Waals surface area contributed by atoms with Crippen LogP contribution in [0.1, 0.15) is 277 Å². The Kier molecular flexibility index (Phi) is 54.0. The summed E-state index contributed by atoms with van der Waals surface area (Å²) < 4.78 is 34.4. The van der Waals surface area contributed by atoms with Crippen LogP contribution in [0.25, 0.3) is 0 Å². The quantitative estimate of drug-likeness (QED) is 0.0199. The van der Waals surface area contributed by atoms with E-state index in [4.69, 9.17) is 28.4 Å². The van der Waals surface area contributed by atoms with Crippen molar-refractivity contribution in [3.63, 3.8) is 0 Å². The van der Waals surface area contributed by atoms with Gasteiger partial charge in [-0.1, -0.05) is 272 Å². The summed E-state index contributed by atoms with van der Waals surface area (Å²) in [7, 11) is 0. The number of unbranched alkanes of at least 4 members (excludes halogenated alkanes) is 32. The van der Waals surface area contributed by atoms with Crippen LogP contribution in [0.3, 0.4) is 0 Å². The zero-order valence-electron chi connectivity index (χ0n) is 60.5. The van der Waals surface area contributed by atoms with E-state index in [1.807, 2.05) is 6.08 Å². The number of nitrogens with one attached hydrogen (secondary N) is 1. The van der Waals surface area contributed by atoms with Crippen LogP contribution in [0.5, 0.6) is 0 Å². The van der Waals surface area contributed by atoms with Crippen molar-refractivity contribution in [1.82, 2.24) is 5.32 Å². The van der Waals surface area contributed by atoms with Crippen molar-refractivity contribution in [1.29, 1.82) is 0 Å². The summed E-state index contributed by atoms with van der Waals surface area (Å²) in [6.07, 6.45) is 51.5. The fraction of sp³-hybridized carbons (Fsp3) is 0.810. The Hall–Kier alpha value is -3.03. The SMILES string of the molecule is CC/C=C\C/C=C\C/C=C\C/C=C\CCCCCCCCCCCCCCCCCCCCCCCCC(=O)NC(COC1OC(CO)C(OC2OC(CO)C(OC3OC(CO)C(O)C(O)C3O)C(O)C2O)C(O)C1O)C(O)/C=C/CC/C=C/CC/C=C/CCCCCCCCCC. The van der Waals surface area contributed by atoms with Gasteiger partial charge >= 0.3 is 0 Å². The van der Waals surface area contributed by atoms with Crippen LogP contribution in [0, 0.1) is 0 Å². The first kappa shape index (κ1) is 89.2. The molecular formula is C79H139NO18. The second-order valence-corrected chi connectivity index (χ2v) is 27.4. The summed E-state index contributed by atoms with van der Waals surface area (Å²) in [5.41, 5.74) is 0. The minimum absolute atomic E-state index is 0.232. The molecule has 19 nitrogen and oxygen atoms in total. The fourth-order valence-electron chi connectivity index (χ4n) is 12.7. The molecule has 3 heterocycles. The number of carbonyl (C=O) groups is 1. The molecule has 1 amide bonds. The highest BCUT2D eigenvalue weighted by molar-refractivity contribution is 5.76. The van der Waals surface area contributed by atoms with E-state index in [2.05, 4.69) is 92.1 Å². The Balaban J connectivity index is 1.35. The molecule has 12 N–H and O–H groups in total. The summed E-state index contributed by atoms with van der Waals surface area (Å²) in [6, 6.07) is -0.999. The first-order chi connectivity index (χ1) is 47.8. The third-order valence-corrected chi connectivity index (χ3v) is 18.9. The number of allylic oxidation sites excluding steroid dienone is 13. The zero-order chi connectivity index (χ0) is 71.1. The lowest BCUT2D eigenvalue weighted by atomic mass is 9.96. The Bertz CT molecular complexity index is 2100. The van der Waals surface area contributed by atoms with Gasteiger partial charge in [-0.3, -0.25) is 4.79 Å². The smallest absolute Gasteiger partial charge is 0.220 e. The van der Waals surface area contributed by atoms with Crippen LogP contribution >= 0.6 is 0 Å². The van der Waals surface area contributed by atoms with Crippen molar-refractivity contribution < 1.29 is 89.4 Å². The molecule has 568 valence electrons. The monoisotopic (exact) mass is 1390 g/mol. The number of rotatable bonds is 60. The number of aliphatic hydroxyl groups is 11. The molecule has 0 aliphatic carbocycles. The lowest BCUT2D eigenvalue weighted by molar-refractivity contribution is -0.379. The molecule has 0 aromatic heterocycles. The first-order valence-electron chi connectivity index (χ1n) is 38.8. The maximum absolute atomic E-state index is 13.4. The highest BCUT2D eigenvalue weighted by atomic mass is 16.8. The van der Waals surface area contributed by atoms with Crippen molar-refractivity contribution >= 4 is 5.91 Å². The van der Waals surface area contributed by atoms with Crippen molar-refractivity contribution in [3.05, 3.63) is 85.1 Å². The van der Waals surface area contributed by atoms with Gasteiger partial charge in [-0.05, 0) is 83.5 Å². The van der Waals surface area contributed by atoms with Gasteiger partial charge < -0.3 is 89.9 Å². The minimum atomic E-state index is -1.98. The van der Waals surface area contributed by atoms with Crippen LogP contribution in [0.2, 0.25) is 0 Å². The topological polar surface area (TPSA) is 307 Å². The second-order valence-electron chi connectivity index (χ2n) is 27.4. The standard InChI is InChI=1S/C79H139NO18/c1-3-5-7-9-11-13-15-17-19-21-23-24-25-26-27-28-29-30-31-32-33-34-35-36-37-38-39-41-43-45-47-49-51-53-55-57-67(85)80-62(63(84)56-54-52-50-48-46-44-42-40-22-20-18-16-14-12-10-8-6-4-2)61-93-77-73(91)70(88)75(65(59-82)95-77)98-79-74(92)71(89)76(66(60-83)96-79)97-78-72(90)69(87)68(86)64(58-81)94-78/h5,7,11,13,17,19,22-24,40,46,48,54,56,62-66,68-79,81-84,86-92H,3-4,6,8-10,12,14-16,18,20-21,25-39,41-45,47,49-53,55,57-61H2,1-2H3,(H,80,85)/b7-5-,13-11-,19-17-,24-23-,40-22+,48-46+,56-54+. The van der Waals surface area contributed by atoms with Crippen LogP contribution < -0.4 is 5.32 Å². The van der Waals surface area contributed by atoms with Crippen LogP contribution in [-0.4, -0.2) is 193 Å². The van der Waals surface area contributed by atoms with Gasteiger partial charge in [0, 0.05) is 6.42 Å². The first-order valence-corrected chi connectivity index (χ1v) is 38.8. The summed E-state index contributed by atoms with van der Waals surface area (Å²) in [4.78, 5) is 13.4. The maximum Gasteiger partial charge on any atom is 0.220 e. The number of ether oxygens (including phenoxy) is 6. The van der Waals surface area contributed by atoms with Gasteiger partial charge in [0.25, 0.3) is 0 Å². The molecular weight excluding hydrogens is 1250 g/mol. The summed E-state index contributed by atoms with van der Waals surface area (Å²) in [5, 5.41) is 121. The Labute approximate surface area is 590 Å². The molecule has 0 aromatic rings. The third-order valence-electron chi connectivity index (χ3n) is 18.9. The van der Waals surface area contributed by atoms with Crippen molar-refractivity contribution in [2.75, 3.05) is 26.4 Å². The number of hydrogen-bond acceptors (Lipinski definition) is 18. The van der Waals surface area contributed by atoms with E-state index in [-0.39, 0.29) is 18.9 Å². The molecule has 0 bridgehead atoms. The molecule has 0 saturated carbocycles. The number of aliphatic hydroxyl groups excluding tert-OH is 11. The molecule has 3 rings (SSSR count). The van der Waals surface area contributed by atoms with E-state index in [0.29, 0.717) is 12.8 Å². The summed E-state index contributed by atoms with van der Waals surface area (Å²) in [6.45, 7) is 1.61. The molecule has 3 aliphatic heterocycles. The Morgan fingerprint density at radius 2 is 0.714 bits per heavy atom. The van der Waals surface area contributed by atoms with E-state index in [9.17, 15) is 61.0 Å². The average molecular weight is 1390 g/mol. The van der Waals surface area contributed by atoms with Crippen molar-refractivity contribution in [2.45, 2.75) is 381 Å². The number of hydrogen-bond donors (Lipinski definition) is 12. The lowest BCUT2D eigenvalue weighted by Crippen LogP contribution is -2.66. The van der Waals surface area contributed by atoms with Crippen LogP contribution in [0.4, 0.5) is 0 Å². The summed E-state index contributed by atoms with van der Waals surface area (Å²) >= 11 is 0. The molecule has 3 aliphatic rings. The van der Waals surface area contributed by atoms with E-state index in [1.54, 1.807) is 6.08 Å².